The van der Waals surface area contributed by atoms with Gasteiger partial charge < -0.3 is 0 Å². The molecule has 0 aliphatic carbocycles. The van der Waals surface area contributed by atoms with Crippen LogP contribution < -0.4 is 0 Å². The fourth-order valence-electron chi connectivity index (χ4n) is 3.56. The Morgan fingerprint density at radius 1 is 0.718 bits per heavy atom. The zero-order chi connectivity index (χ0) is 29.3. The lowest BCUT2D eigenvalue weighted by Crippen LogP contribution is -2.57. The van der Waals surface area contributed by atoms with Gasteiger partial charge in [-0.25, -0.2) is 32.0 Å². The molecule has 0 unspecified atom stereocenters. The van der Waals surface area contributed by atoms with Crippen LogP contribution in [0.5, 0.6) is 0 Å². The number of rotatable bonds is 8. The topological polar surface area (TPSA) is 240 Å². The van der Waals surface area contributed by atoms with Crippen molar-refractivity contribution in [1.82, 2.24) is 18.6 Å². The predicted octanol–water partition coefficient (Wildman–Crippen LogP) is 1.12. The molecule has 2 aromatic rings. The summed E-state index contributed by atoms with van der Waals surface area (Å²) in [7, 11) is -9.42. The van der Waals surface area contributed by atoms with Crippen molar-refractivity contribution in [1.29, 1.82) is 0 Å². The minimum absolute atomic E-state index is 0.145. The third kappa shape index (κ3) is 5.89. The zero-order valence-corrected chi connectivity index (χ0v) is 21.8. The number of sulfonamides is 2. The van der Waals surface area contributed by atoms with Crippen LogP contribution in [0.3, 0.4) is 0 Å². The van der Waals surface area contributed by atoms with Crippen molar-refractivity contribution in [3.8, 4) is 0 Å². The van der Waals surface area contributed by atoms with Crippen LogP contribution in [0.1, 0.15) is 11.1 Å². The summed E-state index contributed by atoms with van der Waals surface area (Å²) < 4.78 is 54.0. The molecule has 39 heavy (non-hydrogen) atoms. The van der Waals surface area contributed by atoms with Gasteiger partial charge in [-0.05, 0) is 26.0 Å². The number of hydrogen-bond donors (Lipinski definition) is 0. The zero-order valence-electron chi connectivity index (χ0n) is 20.2. The molecule has 19 nitrogen and oxygen atoms in total. The Bertz CT molecular complexity index is 1460. The number of benzene rings is 2. The van der Waals surface area contributed by atoms with Gasteiger partial charge in [0, 0.05) is 23.3 Å². The minimum atomic E-state index is -4.71. The Labute approximate surface area is 220 Å². The third-order valence-corrected chi connectivity index (χ3v) is 9.18. The van der Waals surface area contributed by atoms with Crippen molar-refractivity contribution < 1.29 is 31.7 Å². The van der Waals surface area contributed by atoms with Gasteiger partial charge in [-0.2, -0.15) is 8.61 Å². The summed E-state index contributed by atoms with van der Waals surface area (Å²) in [5.41, 5.74) is -0.785. The highest BCUT2D eigenvalue weighted by Crippen LogP contribution is 2.28. The number of hydrogen-bond acceptors (Lipinski definition) is 12. The molecule has 0 N–H and O–H groups in total. The van der Waals surface area contributed by atoms with E-state index < -0.39 is 82.8 Å². The number of hydrazine groups is 1. The lowest BCUT2D eigenvalue weighted by Gasteiger charge is -2.35. The normalized spacial score (nSPS) is 15.8. The summed E-state index contributed by atoms with van der Waals surface area (Å²) in [5.74, 6) is 0. The van der Waals surface area contributed by atoms with E-state index in [-0.39, 0.29) is 16.1 Å². The highest BCUT2D eigenvalue weighted by atomic mass is 32.2. The van der Waals surface area contributed by atoms with E-state index in [9.17, 15) is 52.1 Å². The van der Waals surface area contributed by atoms with E-state index in [2.05, 4.69) is 5.29 Å². The largest absolute Gasteiger partial charge is 0.273 e. The summed E-state index contributed by atoms with van der Waals surface area (Å²) in [6.07, 6.45) is 0. The van der Waals surface area contributed by atoms with Crippen LogP contribution in [0.2, 0.25) is 0 Å². The van der Waals surface area contributed by atoms with Crippen LogP contribution in [0.4, 0.5) is 11.4 Å². The number of nitro groups is 3. The van der Waals surface area contributed by atoms with Crippen LogP contribution in [0.15, 0.2) is 51.5 Å². The molecular weight excluding hydrogens is 568 g/mol. The molecule has 2 aromatic carbocycles. The summed E-state index contributed by atoms with van der Waals surface area (Å²) in [5, 5.41) is 36.5. The Hall–Kier alpha value is -4.34. The second-order valence-electron chi connectivity index (χ2n) is 8.22. The predicted molar refractivity (Wildman–Crippen MR) is 130 cm³/mol. The highest BCUT2D eigenvalue weighted by Gasteiger charge is 2.40. The second-order valence-corrected chi connectivity index (χ2v) is 12.1. The molecule has 1 aliphatic heterocycles. The van der Waals surface area contributed by atoms with Crippen molar-refractivity contribution >= 4 is 31.4 Å². The maximum Gasteiger partial charge on any atom is 0.273 e. The molecule has 0 saturated carbocycles. The van der Waals surface area contributed by atoms with Gasteiger partial charge in [-0.1, -0.05) is 17.1 Å². The number of nitrogens with zero attached hydrogens (tertiary/aromatic N) is 8. The first kappa shape index (κ1) is 29.2. The van der Waals surface area contributed by atoms with Crippen LogP contribution in [-0.2, 0) is 20.0 Å². The third-order valence-electron chi connectivity index (χ3n) is 5.66. The first-order valence-electron chi connectivity index (χ1n) is 10.6. The average molecular weight is 589 g/mol. The Kier molecular flexibility index (Phi) is 8.09. The molecule has 210 valence electrons. The molecule has 0 spiro atoms. The van der Waals surface area contributed by atoms with Crippen molar-refractivity contribution in [2.75, 3.05) is 26.7 Å². The van der Waals surface area contributed by atoms with Gasteiger partial charge in [-0.15, -0.1) is 4.91 Å². The van der Waals surface area contributed by atoms with Gasteiger partial charge in [0.2, 0.25) is 20.0 Å². The molecule has 0 radical (unpaired) electrons. The van der Waals surface area contributed by atoms with Gasteiger partial charge in [0.15, 0.2) is 5.03 Å². The Morgan fingerprint density at radius 2 is 1.10 bits per heavy atom. The molecular formula is C18H20N8O11S2. The van der Waals surface area contributed by atoms with E-state index in [0.29, 0.717) is 13.6 Å². The average Bonchev–Trinajstić information content (AvgIpc) is 2.83. The molecule has 3 rings (SSSR count). The lowest BCUT2D eigenvalue weighted by atomic mass is 10.2. The number of aryl methyl sites for hydroxylation is 2. The lowest BCUT2D eigenvalue weighted by molar-refractivity contribution is -0.662. The quantitative estimate of drug-likeness (QED) is 0.239. The van der Waals surface area contributed by atoms with Crippen molar-refractivity contribution in [2.24, 2.45) is 5.29 Å². The van der Waals surface area contributed by atoms with Gasteiger partial charge in [-0.3, -0.25) is 20.2 Å². The monoisotopic (exact) mass is 588 g/mol. The number of nitroso groups, excluding NO2 is 1. The molecule has 1 heterocycles. The molecule has 1 aliphatic rings. The molecule has 1 saturated heterocycles. The van der Waals surface area contributed by atoms with E-state index in [1.165, 1.54) is 13.8 Å². The maximum atomic E-state index is 13.3. The van der Waals surface area contributed by atoms with Crippen LogP contribution in [-0.4, -0.2) is 77.0 Å². The van der Waals surface area contributed by atoms with Gasteiger partial charge >= 0.3 is 0 Å². The second kappa shape index (κ2) is 10.8. The van der Waals surface area contributed by atoms with Gasteiger partial charge in [0.25, 0.3) is 11.4 Å². The minimum Gasteiger partial charge on any atom is -0.258 e. The summed E-state index contributed by atoms with van der Waals surface area (Å²) >= 11 is 0. The SMILES string of the molecule is Cc1ccc(S(=O)(=O)N2CN(N=O)CN(S(=O)(=O)c3ccc(C)c([N+](=O)[O-])c3)CN([N+](=O)[O-])C2)cc1[N+](=O)[O-]. The molecule has 0 bridgehead atoms. The Balaban J connectivity index is 2.03. The fraction of sp³-hybridized carbons (Fsp3) is 0.333. The maximum absolute atomic E-state index is 13.3. The highest BCUT2D eigenvalue weighted by molar-refractivity contribution is 7.89. The van der Waals surface area contributed by atoms with Crippen molar-refractivity contribution in [3.63, 3.8) is 0 Å². The smallest absolute Gasteiger partial charge is 0.258 e. The van der Waals surface area contributed by atoms with Crippen molar-refractivity contribution in [2.45, 2.75) is 23.6 Å². The molecule has 0 amide bonds. The van der Waals surface area contributed by atoms with Crippen LogP contribution in [0.25, 0.3) is 0 Å². The van der Waals surface area contributed by atoms with E-state index in [0.717, 1.165) is 36.4 Å². The first-order valence-corrected chi connectivity index (χ1v) is 13.5. The molecule has 0 aromatic heterocycles. The van der Waals surface area contributed by atoms with E-state index >= 15 is 0 Å². The van der Waals surface area contributed by atoms with Crippen LogP contribution in [0, 0.1) is 49.1 Å². The molecule has 0 atom stereocenters. The molecule has 21 heteroatoms. The number of nitro benzene ring substituents is 2. The van der Waals surface area contributed by atoms with E-state index in [1.807, 2.05) is 0 Å². The van der Waals surface area contributed by atoms with Crippen LogP contribution >= 0.6 is 0 Å². The van der Waals surface area contributed by atoms with Gasteiger partial charge in [0.05, 0.1) is 24.9 Å². The van der Waals surface area contributed by atoms with E-state index in [1.54, 1.807) is 0 Å². The van der Waals surface area contributed by atoms with E-state index in [4.69, 9.17) is 0 Å². The fourth-order valence-corrected chi connectivity index (χ4v) is 6.30. The first-order chi connectivity index (χ1) is 18.1. The summed E-state index contributed by atoms with van der Waals surface area (Å²) in [4.78, 5) is 43.0. The Morgan fingerprint density at radius 3 is 1.41 bits per heavy atom. The van der Waals surface area contributed by atoms with Crippen molar-refractivity contribution in [3.05, 3.63) is 82.8 Å². The summed E-state index contributed by atoms with van der Waals surface area (Å²) in [6.45, 7) is -1.40. The summed E-state index contributed by atoms with van der Waals surface area (Å²) in [6, 6.07) is 5.88. The molecule has 1 fully saturated rings. The van der Waals surface area contributed by atoms with Gasteiger partial charge in [0.1, 0.15) is 26.7 Å². The standard InChI is InChI=1S/C18H20N8O11S2/c1-13-3-5-15(7-17(13)24(28)29)38(34,35)22-9-20(19-27)10-23(12-21(11-22)26(32)33)39(36,37)16-6-4-14(2)18(8-16)25(30)31/h3-8H,9-12H2,1-2H3.